The topological polar surface area (TPSA) is 67.8 Å². The highest BCUT2D eigenvalue weighted by atomic mass is 35.5. The van der Waals surface area contributed by atoms with Crippen molar-refractivity contribution in [2.75, 3.05) is 20.8 Å². The van der Waals surface area contributed by atoms with E-state index in [-0.39, 0.29) is 0 Å². The zero-order valence-electron chi connectivity index (χ0n) is 13.5. The van der Waals surface area contributed by atoms with E-state index in [0.29, 0.717) is 42.5 Å². The number of ether oxygens (including phenoxy) is 2. The number of methoxy groups -OCH3 is 2. The van der Waals surface area contributed by atoms with Gasteiger partial charge in [0, 0.05) is 13.1 Å². The van der Waals surface area contributed by atoms with E-state index in [9.17, 15) is 9.90 Å². The van der Waals surface area contributed by atoms with E-state index in [2.05, 4.69) is 5.32 Å². The van der Waals surface area contributed by atoms with Gasteiger partial charge in [0.05, 0.1) is 24.7 Å². The molecule has 0 heterocycles. The fraction of sp³-hybridized carbons (Fsp3) is 0.562. The summed E-state index contributed by atoms with van der Waals surface area (Å²) in [7, 11) is 3.08. The van der Waals surface area contributed by atoms with Crippen molar-refractivity contribution in [1.29, 1.82) is 0 Å². The Kier molecular flexibility index (Phi) is 6.97. The predicted molar refractivity (Wildman–Crippen MR) is 86.9 cm³/mol. The summed E-state index contributed by atoms with van der Waals surface area (Å²) in [5, 5.41) is 13.1. The lowest BCUT2D eigenvalue weighted by Gasteiger charge is -2.27. The average molecular weight is 330 g/mol. The Morgan fingerprint density at radius 1 is 1.27 bits per heavy atom. The maximum atomic E-state index is 11.5. The van der Waals surface area contributed by atoms with E-state index in [4.69, 9.17) is 21.1 Å². The molecule has 22 heavy (non-hydrogen) atoms. The fourth-order valence-corrected chi connectivity index (χ4v) is 2.68. The van der Waals surface area contributed by atoms with Gasteiger partial charge in [-0.2, -0.15) is 0 Å². The molecule has 0 radical (unpaired) electrons. The van der Waals surface area contributed by atoms with E-state index in [1.807, 2.05) is 19.9 Å². The molecule has 6 heteroatoms. The molecule has 0 atom stereocenters. The van der Waals surface area contributed by atoms with Crippen molar-refractivity contribution in [3.63, 3.8) is 0 Å². The molecule has 0 unspecified atom stereocenters. The van der Waals surface area contributed by atoms with Gasteiger partial charge in [0.1, 0.15) is 0 Å². The van der Waals surface area contributed by atoms with Crippen LogP contribution in [0.1, 0.15) is 32.3 Å². The first-order valence-corrected chi connectivity index (χ1v) is 7.67. The van der Waals surface area contributed by atoms with E-state index < -0.39 is 11.4 Å². The molecule has 0 saturated heterocycles. The molecule has 1 rings (SSSR count). The number of nitrogens with one attached hydrogen (secondary N) is 1. The number of carboxylic acids is 1. The van der Waals surface area contributed by atoms with Gasteiger partial charge in [-0.05, 0) is 24.5 Å². The van der Waals surface area contributed by atoms with Crippen LogP contribution >= 0.6 is 11.6 Å². The second-order valence-electron chi connectivity index (χ2n) is 5.17. The van der Waals surface area contributed by atoms with Crippen LogP contribution in [-0.4, -0.2) is 31.8 Å². The summed E-state index contributed by atoms with van der Waals surface area (Å²) in [6.45, 7) is 4.64. The molecule has 5 nitrogen and oxygen atoms in total. The lowest BCUT2D eigenvalue weighted by Crippen LogP contribution is -2.40. The van der Waals surface area contributed by atoms with E-state index in [1.54, 1.807) is 13.2 Å². The molecular formula is C16H24ClNO4. The Hall–Kier alpha value is -1.46. The molecule has 1 aromatic rings. The minimum absolute atomic E-state index is 0.389. The van der Waals surface area contributed by atoms with Crippen LogP contribution in [0.4, 0.5) is 0 Å². The highest BCUT2D eigenvalue weighted by molar-refractivity contribution is 6.33. The van der Waals surface area contributed by atoms with Gasteiger partial charge in [-0.3, -0.25) is 4.79 Å². The number of carboxylic acid groups (broad SMARTS) is 1. The van der Waals surface area contributed by atoms with Crippen molar-refractivity contribution >= 4 is 17.6 Å². The number of carbonyl (C=O) groups is 1. The molecule has 2 N–H and O–H groups in total. The van der Waals surface area contributed by atoms with Crippen molar-refractivity contribution in [3.05, 3.63) is 22.7 Å². The number of rotatable bonds is 9. The van der Waals surface area contributed by atoms with E-state index in [0.717, 1.165) is 5.56 Å². The molecule has 0 aliphatic rings. The highest BCUT2D eigenvalue weighted by Crippen LogP contribution is 2.37. The minimum atomic E-state index is -0.775. The van der Waals surface area contributed by atoms with Crippen LogP contribution in [-0.2, 0) is 11.3 Å². The third-order valence-corrected chi connectivity index (χ3v) is 4.57. The Bertz CT molecular complexity index is 515. The van der Waals surface area contributed by atoms with Gasteiger partial charge in [-0.25, -0.2) is 0 Å². The van der Waals surface area contributed by atoms with Gasteiger partial charge in [0.15, 0.2) is 11.5 Å². The summed E-state index contributed by atoms with van der Waals surface area (Å²) in [4.78, 5) is 11.5. The van der Waals surface area contributed by atoms with Crippen LogP contribution < -0.4 is 14.8 Å². The van der Waals surface area contributed by atoms with Crippen molar-refractivity contribution in [3.8, 4) is 11.5 Å². The molecular weight excluding hydrogens is 306 g/mol. The second kappa shape index (κ2) is 8.25. The largest absolute Gasteiger partial charge is 0.493 e. The molecule has 0 bridgehead atoms. The summed E-state index contributed by atoms with van der Waals surface area (Å²) in [5.41, 5.74) is 0.0917. The van der Waals surface area contributed by atoms with Crippen LogP contribution in [0, 0.1) is 5.41 Å². The van der Waals surface area contributed by atoms with Crippen molar-refractivity contribution in [2.24, 2.45) is 5.41 Å². The van der Waals surface area contributed by atoms with Crippen molar-refractivity contribution in [2.45, 2.75) is 33.2 Å². The number of hydrogen-bond acceptors (Lipinski definition) is 4. The molecule has 0 fully saturated rings. The Balaban J connectivity index is 2.83. The summed E-state index contributed by atoms with van der Waals surface area (Å²) in [6, 6.07) is 3.63. The van der Waals surface area contributed by atoms with Crippen LogP contribution in [0.5, 0.6) is 11.5 Å². The van der Waals surface area contributed by atoms with Crippen LogP contribution in [0.15, 0.2) is 12.1 Å². The molecule has 1 aromatic carbocycles. The van der Waals surface area contributed by atoms with Gasteiger partial charge in [0.2, 0.25) is 0 Å². The number of benzene rings is 1. The van der Waals surface area contributed by atoms with Gasteiger partial charge in [-0.15, -0.1) is 0 Å². The maximum Gasteiger partial charge on any atom is 0.310 e. The zero-order chi connectivity index (χ0) is 16.8. The number of aliphatic carboxylic acids is 1. The normalized spacial score (nSPS) is 11.3. The second-order valence-corrected chi connectivity index (χ2v) is 5.55. The summed E-state index contributed by atoms with van der Waals surface area (Å²) < 4.78 is 10.4. The van der Waals surface area contributed by atoms with E-state index in [1.165, 1.54) is 7.11 Å². The van der Waals surface area contributed by atoms with Crippen LogP contribution in [0.2, 0.25) is 5.02 Å². The summed E-state index contributed by atoms with van der Waals surface area (Å²) >= 11 is 6.31. The van der Waals surface area contributed by atoms with Crippen molar-refractivity contribution < 1.29 is 19.4 Å². The standard InChI is InChI=1S/C16H24ClNO4/c1-5-16(6-2,15(19)20)10-18-9-11-7-8-12(21-3)14(22-4)13(11)17/h7-8,18H,5-6,9-10H2,1-4H3,(H,19,20). The number of hydrogen-bond donors (Lipinski definition) is 2. The summed E-state index contributed by atoms with van der Waals surface area (Å²) in [6.07, 6.45) is 1.15. The smallest absolute Gasteiger partial charge is 0.310 e. The first kappa shape index (κ1) is 18.6. The van der Waals surface area contributed by atoms with Gasteiger partial charge < -0.3 is 19.9 Å². The lowest BCUT2D eigenvalue weighted by molar-refractivity contribution is -0.149. The van der Waals surface area contributed by atoms with E-state index >= 15 is 0 Å². The van der Waals surface area contributed by atoms with Gasteiger partial charge >= 0.3 is 5.97 Å². The number of halogens is 1. The third-order valence-electron chi connectivity index (χ3n) is 4.15. The molecule has 0 aliphatic carbocycles. The SMILES string of the molecule is CCC(CC)(CNCc1ccc(OC)c(OC)c1Cl)C(=O)O. The monoisotopic (exact) mass is 329 g/mol. The van der Waals surface area contributed by atoms with Crippen LogP contribution in [0.25, 0.3) is 0 Å². The first-order chi connectivity index (χ1) is 10.5. The molecule has 0 aliphatic heterocycles. The third kappa shape index (κ3) is 3.84. The van der Waals surface area contributed by atoms with Crippen molar-refractivity contribution in [1.82, 2.24) is 5.32 Å². The molecule has 0 aromatic heterocycles. The molecule has 0 spiro atoms. The molecule has 0 saturated carbocycles. The van der Waals surface area contributed by atoms with Crippen LogP contribution in [0.3, 0.4) is 0 Å². The zero-order valence-corrected chi connectivity index (χ0v) is 14.3. The first-order valence-electron chi connectivity index (χ1n) is 7.29. The quantitative estimate of drug-likeness (QED) is 0.727. The Morgan fingerprint density at radius 3 is 2.36 bits per heavy atom. The lowest BCUT2D eigenvalue weighted by atomic mass is 9.82. The Morgan fingerprint density at radius 2 is 1.91 bits per heavy atom. The minimum Gasteiger partial charge on any atom is -0.493 e. The maximum absolute atomic E-state index is 11.5. The Labute approximate surface area is 136 Å². The highest BCUT2D eigenvalue weighted by Gasteiger charge is 2.34. The predicted octanol–water partition coefficient (Wildman–Crippen LogP) is 3.34. The molecule has 0 amide bonds. The summed E-state index contributed by atoms with van der Waals surface area (Å²) in [5.74, 6) is 0.278. The van der Waals surface area contributed by atoms with Gasteiger partial charge in [-0.1, -0.05) is 31.5 Å². The van der Waals surface area contributed by atoms with Gasteiger partial charge in [0.25, 0.3) is 0 Å². The molecule has 124 valence electrons. The fourth-order valence-electron chi connectivity index (χ4n) is 2.38. The average Bonchev–Trinajstić information content (AvgIpc) is 2.52.